The maximum atomic E-state index is 9.25. The predicted octanol–water partition coefficient (Wildman–Crippen LogP) is -0.315. The summed E-state index contributed by atoms with van der Waals surface area (Å²) in [5.41, 5.74) is 5.27. The third-order valence-electron chi connectivity index (χ3n) is 2.00. The lowest BCUT2D eigenvalue weighted by atomic mass is 10.2. The molecule has 0 fully saturated rings. The lowest BCUT2D eigenvalue weighted by molar-refractivity contribution is -0.0104. The normalized spacial score (nSPS) is 10.9. The first-order valence-corrected chi connectivity index (χ1v) is 3.71. The molecule has 1 aromatic heterocycles. The zero-order valence-electron chi connectivity index (χ0n) is 6.97. The molecule has 7 nitrogen and oxygen atoms in total. The van der Waals surface area contributed by atoms with Gasteiger partial charge in [0.15, 0.2) is 5.49 Å². The fourth-order valence-electron chi connectivity index (χ4n) is 1.25. The Morgan fingerprint density at radius 2 is 1.86 bits per heavy atom. The SMILES string of the molecule is N=c1c2cc(N)c(O)cc2n(O)n1O. The summed E-state index contributed by atoms with van der Waals surface area (Å²) >= 11 is 0. The third kappa shape index (κ3) is 0.830. The van der Waals surface area contributed by atoms with Crippen LogP contribution in [0.2, 0.25) is 0 Å². The Bertz CT molecular complexity index is 568. The maximum absolute atomic E-state index is 9.25. The minimum absolute atomic E-state index is 0.0807. The van der Waals surface area contributed by atoms with Crippen LogP contribution in [-0.2, 0) is 0 Å². The van der Waals surface area contributed by atoms with Gasteiger partial charge in [-0.15, -0.1) is 0 Å². The second-order valence-corrected chi connectivity index (χ2v) is 2.86. The first-order valence-electron chi connectivity index (χ1n) is 3.71. The number of benzene rings is 1. The largest absolute Gasteiger partial charge is 0.506 e. The molecule has 0 radical (unpaired) electrons. The summed E-state index contributed by atoms with van der Waals surface area (Å²) in [5.74, 6) is -0.217. The van der Waals surface area contributed by atoms with Gasteiger partial charge >= 0.3 is 0 Å². The van der Waals surface area contributed by atoms with Crippen molar-refractivity contribution in [1.82, 2.24) is 9.69 Å². The average molecular weight is 196 g/mol. The number of nitrogens with one attached hydrogen (secondary N) is 1. The van der Waals surface area contributed by atoms with E-state index >= 15 is 0 Å². The van der Waals surface area contributed by atoms with E-state index in [4.69, 9.17) is 16.4 Å². The first-order chi connectivity index (χ1) is 6.52. The number of rotatable bonds is 0. The number of anilines is 1. The van der Waals surface area contributed by atoms with Crippen molar-refractivity contribution in [3.8, 4) is 5.75 Å². The summed E-state index contributed by atoms with van der Waals surface area (Å²) < 4.78 is 0. The van der Waals surface area contributed by atoms with E-state index in [0.717, 1.165) is 6.07 Å². The second-order valence-electron chi connectivity index (χ2n) is 2.86. The Balaban J connectivity index is 3.04. The van der Waals surface area contributed by atoms with Gasteiger partial charge in [0.1, 0.15) is 11.3 Å². The van der Waals surface area contributed by atoms with Crippen LogP contribution in [0.1, 0.15) is 0 Å². The molecule has 2 rings (SSSR count). The number of aromatic nitrogens is 2. The molecule has 0 aliphatic heterocycles. The van der Waals surface area contributed by atoms with Gasteiger partial charge in [0, 0.05) is 6.07 Å². The van der Waals surface area contributed by atoms with Gasteiger partial charge < -0.3 is 21.3 Å². The molecular formula is C7H8N4O3. The van der Waals surface area contributed by atoms with Crippen LogP contribution in [0.15, 0.2) is 12.1 Å². The molecule has 1 aromatic carbocycles. The van der Waals surface area contributed by atoms with E-state index in [-0.39, 0.29) is 32.7 Å². The molecular weight excluding hydrogens is 188 g/mol. The van der Waals surface area contributed by atoms with Gasteiger partial charge in [-0.25, -0.2) is 0 Å². The van der Waals surface area contributed by atoms with Crippen molar-refractivity contribution in [2.45, 2.75) is 0 Å². The van der Waals surface area contributed by atoms with Crippen molar-refractivity contribution >= 4 is 16.6 Å². The highest BCUT2D eigenvalue weighted by Crippen LogP contribution is 2.24. The van der Waals surface area contributed by atoms with E-state index in [1.807, 2.05) is 0 Å². The minimum Gasteiger partial charge on any atom is -0.506 e. The molecule has 0 spiro atoms. The fourth-order valence-corrected chi connectivity index (χ4v) is 1.25. The first kappa shape index (κ1) is 8.30. The third-order valence-corrected chi connectivity index (χ3v) is 2.00. The molecule has 14 heavy (non-hydrogen) atoms. The zero-order valence-corrected chi connectivity index (χ0v) is 6.97. The number of hydrogen-bond donors (Lipinski definition) is 5. The minimum atomic E-state index is -0.311. The van der Waals surface area contributed by atoms with E-state index in [2.05, 4.69) is 0 Å². The standard InChI is InChI=1S/C7H8N4O3/c8-4-1-3-5(2-6(4)12)10(13)11(14)7(3)9/h1-2,9,12-14H,8H2. The lowest BCUT2D eigenvalue weighted by Crippen LogP contribution is -2.18. The zero-order chi connectivity index (χ0) is 10.5. The van der Waals surface area contributed by atoms with Crippen LogP contribution in [0.3, 0.4) is 0 Å². The molecule has 0 aliphatic rings. The molecule has 74 valence electrons. The monoisotopic (exact) mass is 196 g/mol. The van der Waals surface area contributed by atoms with Crippen LogP contribution < -0.4 is 11.2 Å². The van der Waals surface area contributed by atoms with Crippen molar-refractivity contribution in [3.63, 3.8) is 0 Å². The van der Waals surface area contributed by atoms with Gasteiger partial charge in [-0.1, -0.05) is 9.69 Å². The van der Waals surface area contributed by atoms with Crippen molar-refractivity contribution in [3.05, 3.63) is 17.6 Å². The quantitative estimate of drug-likeness (QED) is 0.225. The van der Waals surface area contributed by atoms with Crippen LogP contribution >= 0.6 is 0 Å². The number of phenols is 1. The molecule has 7 heteroatoms. The smallest absolute Gasteiger partial charge is 0.193 e. The number of aromatic hydroxyl groups is 1. The van der Waals surface area contributed by atoms with E-state index in [1.54, 1.807) is 0 Å². The molecule has 0 saturated carbocycles. The van der Waals surface area contributed by atoms with E-state index in [1.165, 1.54) is 6.07 Å². The highest BCUT2D eigenvalue weighted by atomic mass is 16.6. The number of phenolic OH excluding ortho intramolecular Hbond substituents is 1. The van der Waals surface area contributed by atoms with Gasteiger partial charge in [-0.05, 0) is 6.07 Å². The Morgan fingerprint density at radius 3 is 2.50 bits per heavy atom. The maximum Gasteiger partial charge on any atom is 0.193 e. The van der Waals surface area contributed by atoms with Gasteiger partial charge in [0.25, 0.3) is 0 Å². The van der Waals surface area contributed by atoms with Crippen molar-refractivity contribution in [2.24, 2.45) is 0 Å². The lowest BCUT2D eigenvalue weighted by Gasteiger charge is -1.99. The number of fused-ring (bicyclic) bond motifs is 1. The highest BCUT2D eigenvalue weighted by molar-refractivity contribution is 5.84. The molecule has 0 amide bonds. The molecule has 0 unspecified atom stereocenters. The topological polar surface area (TPSA) is 120 Å². The van der Waals surface area contributed by atoms with Gasteiger partial charge in [0.05, 0.1) is 11.1 Å². The van der Waals surface area contributed by atoms with Crippen LogP contribution in [0.4, 0.5) is 5.69 Å². The Kier molecular flexibility index (Phi) is 1.39. The average Bonchev–Trinajstić information content (AvgIpc) is 2.34. The number of nitrogens with two attached hydrogens (primary N) is 1. The molecule has 2 aromatic rings. The summed E-state index contributed by atoms with van der Waals surface area (Å²) in [6.07, 6.45) is 0. The molecule has 0 atom stereocenters. The molecule has 1 heterocycles. The van der Waals surface area contributed by atoms with Gasteiger partial charge in [-0.2, -0.15) is 0 Å². The van der Waals surface area contributed by atoms with E-state index in [9.17, 15) is 10.3 Å². The Hall–Kier alpha value is -2.31. The molecule has 0 aliphatic carbocycles. The van der Waals surface area contributed by atoms with E-state index < -0.39 is 0 Å². The summed E-state index contributed by atoms with van der Waals surface area (Å²) in [4.78, 5) is 0.584. The summed E-state index contributed by atoms with van der Waals surface area (Å²) in [6.45, 7) is 0. The van der Waals surface area contributed by atoms with Gasteiger partial charge in [0.2, 0.25) is 0 Å². The molecule has 0 bridgehead atoms. The number of hydrogen-bond acceptors (Lipinski definition) is 5. The summed E-state index contributed by atoms with van der Waals surface area (Å²) in [7, 11) is 0. The summed E-state index contributed by atoms with van der Waals surface area (Å²) in [5, 5.41) is 35.2. The Morgan fingerprint density at radius 1 is 1.21 bits per heavy atom. The predicted molar refractivity (Wildman–Crippen MR) is 46.2 cm³/mol. The molecule has 0 saturated heterocycles. The number of nitrogen functional groups attached to an aromatic ring is 1. The van der Waals surface area contributed by atoms with Crippen molar-refractivity contribution in [1.29, 1.82) is 5.41 Å². The number of nitrogens with zero attached hydrogens (tertiary/aromatic N) is 2. The van der Waals surface area contributed by atoms with E-state index in [0.29, 0.717) is 4.85 Å². The summed E-state index contributed by atoms with van der Waals surface area (Å²) in [6, 6.07) is 2.46. The fraction of sp³-hybridized carbons (Fsp3) is 0. The van der Waals surface area contributed by atoms with Gasteiger partial charge in [-0.3, -0.25) is 5.41 Å². The highest BCUT2D eigenvalue weighted by Gasteiger charge is 2.11. The van der Waals surface area contributed by atoms with Crippen molar-refractivity contribution in [2.75, 3.05) is 5.73 Å². The van der Waals surface area contributed by atoms with Crippen LogP contribution in [0.25, 0.3) is 10.9 Å². The van der Waals surface area contributed by atoms with Crippen LogP contribution in [0.5, 0.6) is 5.75 Å². The Labute approximate surface area is 77.2 Å². The second kappa shape index (κ2) is 2.34. The van der Waals surface area contributed by atoms with Crippen LogP contribution in [-0.4, -0.2) is 25.2 Å². The van der Waals surface area contributed by atoms with Crippen molar-refractivity contribution < 1.29 is 15.5 Å². The molecule has 6 N–H and O–H groups in total. The van der Waals surface area contributed by atoms with Crippen LogP contribution in [0, 0.1) is 5.41 Å².